The maximum absolute atomic E-state index is 6.98. The summed E-state index contributed by atoms with van der Waals surface area (Å²) in [7, 11) is 0. The van der Waals surface area contributed by atoms with E-state index in [0.717, 1.165) is 51.2 Å². The lowest BCUT2D eigenvalue weighted by molar-refractivity contribution is 0.487. The van der Waals surface area contributed by atoms with Gasteiger partial charge in [-0.05, 0) is 134 Å². The first-order chi connectivity index (χ1) is 28.5. The van der Waals surface area contributed by atoms with Crippen molar-refractivity contribution in [1.29, 1.82) is 0 Å². The molecule has 0 amide bonds. The molecular weight excluding hydrogens is 705 g/mol. The van der Waals surface area contributed by atoms with E-state index < -0.39 is 0 Å². The summed E-state index contributed by atoms with van der Waals surface area (Å²) in [5.41, 5.74) is 14.1. The molecule has 0 aromatic heterocycles. The van der Waals surface area contributed by atoms with Crippen LogP contribution in [0.4, 0.5) is 34.1 Å². The van der Waals surface area contributed by atoms with Gasteiger partial charge in [-0.25, -0.2) is 0 Å². The van der Waals surface area contributed by atoms with E-state index in [1.54, 1.807) is 0 Å². The lowest BCUT2D eigenvalue weighted by atomic mass is 9.77. The fourth-order valence-electron chi connectivity index (χ4n) is 10.0. The van der Waals surface area contributed by atoms with E-state index >= 15 is 0 Å². The molecule has 0 spiro atoms. The standard InChI is InChI=1S/C55H38N2O/c1-55(2)47-33-40(56(36-17-7-3-8-18-36)37-19-9-4-10-20-37)27-29-43(47)51-44-25-15-16-35-32-46-42-28-26-41(57(38-21-11-5-12-22-38)39-23-13-6-14-24-39)34-49(42)58-48-31-30-45(54(51)55)53(50(35)44)52(46)48/h3-34H,1-2H3. The minimum atomic E-state index is -0.264. The topological polar surface area (TPSA) is 15.7 Å². The Morgan fingerprint density at radius 2 is 0.931 bits per heavy atom. The van der Waals surface area contributed by atoms with Gasteiger partial charge in [-0.3, -0.25) is 0 Å². The van der Waals surface area contributed by atoms with Gasteiger partial charge in [0.05, 0.1) is 0 Å². The van der Waals surface area contributed by atoms with Gasteiger partial charge in [0.2, 0.25) is 0 Å². The molecule has 58 heavy (non-hydrogen) atoms. The third-order valence-corrected chi connectivity index (χ3v) is 12.5. The Morgan fingerprint density at radius 3 is 1.52 bits per heavy atom. The summed E-state index contributed by atoms with van der Waals surface area (Å²) in [6.07, 6.45) is 0. The van der Waals surface area contributed by atoms with Gasteiger partial charge in [0.25, 0.3) is 0 Å². The van der Waals surface area contributed by atoms with Crippen molar-refractivity contribution < 1.29 is 4.74 Å². The maximum Gasteiger partial charge on any atom is 0.137 e. The van der Waals surface area contributed by atoms with Crippen molar-refractivity contribution in [3.63, 3.8) is 0 Å². The van der Waals surface area contributed by atoms with Crippen molar-refractivity contribution in [3.05, 3.63) is 205 Å². The van der Waals surface area contributed by atoms with Crippen LogP contribution < -0.4 is 14.5 Å². The molecule has 274 valence electrons. The Labute approximate surface area is 338 Å². The molecule has 0 atom stereocenters. The number of para-hydroxylation sites is 4. The van der Waals surface area contributed by atoms with Crippen LogP contribution in [0.5, 0.6) is 11.5 Å². The molecule has 3 heteroatoms. The molecule has 1 aliphatic heterocycles. The van der Waals surface area contributed by atoms with Crippen LogP contribution in [0.3, 0.4) is 0 Å². The number of rotatable bonds is 6. The highest BCUT2D eigenvalue weighted by atomic mass is 16.5. The summed E-state index contributed by atoms with van der Waals surface area (Å²) in [6.45, 7) is 4.82. The molecule has 10 aromatic carbocycles. The monoisotopic (exact) mass is 742 g/mol. The first kappa shape index (κ1) is 32.8. The Morgan fingerprint density at radius 1 is 0.379 bits per heavy atom. The van der Waals surface area contributed by atoms with E-state index in [0.29, 0.717) is 0 Å². The molecule has 0 N–H and O–H groups in total. The highest BCUT2D eigenvalue weighted by molar-refractivity contribution is 6.32. The van der Waals surface area contributed by atoms with E-state index in [9.17, 15) is 0 Å². The molecule has 0 saturated carbocycles. The minimum absolute atomic E-state index is 0.264. The number of benzene rings is 10. The molecule has 0 fully saturated rings. The highest BCUT2D eigenvalue weighted by Crippen LogP contribution is 2.60. The van der Waals surface area contributed by atoms with Crippen LogP contribution in [0.15, 0.2) is 194 Å². The molecule has 0 bridgehead atoms. The van der Waals surface area contributed by atoms with Gasteiger partial charge in [0, 0.05) is 61.9 Å². The van der Waals surface area contributed by atoms with Crippen molar-refractivity contribution in [2.24, 2.45) is 0 Å². The zero-order valence-electron chi connectivity index (χ0n) is 32.3. The van der Waals surface area contributed by atoms with Crippen LogP contribution in [-0.4, -0.2) is 0 Å². The van der Waals surface area contributed by atoms with Crippen molar-refractivity contribution in [1.82, 2.24) is 0 Å². The largest absolute Gasteiger partial charge is 0.456 e. The molecule has 10 aromatic rings. The summed E-state index contributed by atoms with van der Waals surface area (Å²) >= 11 is 0. The zero-order valence-corrected chi connectivity index (χ0v) is 32.3. The summed E-state index contributed by atoms with van der Waals surface area (Å²) in [4.78, 5) is 4.66. The second-order valence-electron chi connectivity index (χ2n) is 16.1. The Kier molecular flexibility index (Phi) is 6.98. The Balaban J connectivity index is 1.05. The first-order valence-corrected chi connectivity index (χ1v) is 20.1. The minimum Gasteiger partial charge on any atom is -0.456 e. The van der Waals surface area contributed by atoms with Crippen LogP contribution in [-0.2, 0) is 5.41 Å². The van der Waals surface area contributed by atoms with E-state index in [4.69, 9.17) is 4.74 Å². The van der Waals surface area contributed by atoms with E-state index in [1.807, 2.05) is 0 Å². The van der Waals surface area contributed by atoms with Crippen LogP contribution in [0.2, 0.25) is 0 Å². The molecular formula is C55H38N2O. The van der Waals surface area contributed by atoms with Gasteiger partial charge >= 0.3 is 0 Å². The number of hydrogen-bond donors (Lipinski definition) is 0. The van der Waals surface area contributed by atoms with Crippen LogP contribution in [0.1, 0.15) is 25.0 Å². The van der Waals surface area contributed by atoms with Gasteiger partial charge in [0.15, 0.2) is 0 Å². The smallest absolute Gasteiger partial charge is 0.137 e. The molecule has 2 aliphatic rings. The van der Waals surface area contributed by atoms with Gasteiger partial charge in [-0.2, -0.15) is 0 Å². The molecule has 0 saturated heterocycles. The fraction of sp³-hybridized carbons (Fsp3) is 0.0545. The van der Waals surface area contributed by atoms with Crippen LogP contribution in [0, 0.1) is 0 Å². The maximum atomic E-state index is 6.98. The summed E-state index contributed by atoms with van der Waals surface area (Å²) in [5.74, 6) is 1.77. The number of ether oxygens (including phenoxy) is 1. The average Bonchev–Trinajstić information content (AvgIpc) is 3.51. The number of hydrogen-bond acceptors (Lipinski definition) is 3. The van der Waals surface area contributed by atoms with Gasteiger partial charge in [-0.1, -0.05) is 117 Å². The SMILES string of the molecule is CC1(C)c2cc(N(c3ccccc3)c3ccccc3)ccc2-c2c1c1ccc3c4c(cc5cccc2c5c14)-c1ccc(N(c2ccccc2)c2ccccc2)cc1O3. The number of fused-ring (bicyclic) bond motifs is 7. The number of nitrogens with zero attached hydrogens (tertiary/aromatic N) is 2. The predicted octanol–water partition coefficient (Wildman–Crippen LogP) is 15.6. The predicted molar refractivity (Wildman–Crippen MR) is 243 cm³/mol. The van der Waals surface area contributed by atoms with Gasteiger partial charge in [0.1, 0.15) is 11.5 Å². The molecule has 12 rings (SSSR count). The van der Waals surface area contributed by atoms with E-state index in [1.165, 1.54) is 60.1 Å². The Hall–Kier alpha value is -7.36. The average molecular weight is 743 g/mol. The first-order valence-electron chi connectivity index (χ1n) is 20.1. The van der Waals surface area contributed by atoms with Crippen LogP contribution in [0.25, 0.3) is 54.6 Å². The zero-order chi connectivity index (χ0) is 38.5. The second kappa shape index (κ2) is 12.3. The molecule has 0 unspecified atom stereocenters. The lowest BCUT2D eigenvalue weighted by Crippen LogP contribution is -2.17. The summed E-state index contributed by atoms with van der Waals surface area (Å²) in [6, 6.07) is 70.1. The molecule has 1 heterocycles. The summed E-state index contributed by atoms with van der Waals surface area (Å²) < 4.78 is 6.98. The van der Waals surface area contributed by atoms with Gasteiger partial charge < -0.3 is 14.5 Å². The van der Waals surface area contributed by atoms with Crippen molar-refractivity contribution in [2.75, 3.05) is 9.80 Å². The van der Waals surface area contributed by atoms with Crippen molar-refractivity contribution >= 4 is 66.4 Å². The fourth-order valence-corrected chi connectivity index (χ4v) is 10.0. The second-order valence-corrected chi connectivity index (χ2v) is 16.1. The molecule has 3 nitrogen and oxygen atoms in total. The van der Waals surface area contributed by atoms with Crippen LogP contribution >= 0.6 is 0 Å². The Bertz CT molecular complexity index is 3130. The molecule has 1 aliphatic carbocycles. The van der Waals surface area contributed by atoms with E-state index in [-0.39, 0.29) is 5.41 Å². The van der Waals surface area contributed by atoms with E-state index in [2.05, 4.69) is 218 Å². The third-order valence-electron chi connectivity index (χ3n) is 12.5. The molecule has 0 radical (unpaired) electrons. The quantitative estimate of drug-likeness (QED) is 0.158. The van der Waals surface area contributed by atoms with Crippen molar-refractivity contribution in [3.8, 4) is 33.8 Å². The summed E-state index contributed by atoms with van der Waals surface area (Å²) in [5, 5.41) is 7.64. The highest BCUT2D eigenvalue weighted by Gasteiger charge is 2.40. The lowest BCUT2D eigenvalue weighted by Gasteiger charge is -2.30. The van der Waals surface area contributed by atoms with Gasteiger partial charge in [-0.15, -0.1) is 0 Å². The van der Waals surface area contributed by atoms with Crippen molar-refractivity contribution in [2.45, 2.75) is 19.3 Å². The number of anilines is 6. The normalized spacial score (nSPS) is 13.3. The third kappa shape index (κ3) is 4.68.